The van der Waals surface area contributed by atoms with Crippen LogP contribution in [0.5, 0.6) is 0 Å². The minimum Gasteiger partial charge on any atom is -0.393 e. The molecule has 0 radical (unpaired) electrons. The first kappa shape index (κ1) is 14.8. The summed E-state index contributed by atoms with van der Waals surface area (Å²) in [5.74, 6) is 0. The van der Waals surface area contributed by atoms with E-state index in [1.165, 1.54) is 0 Å². The van der Waals surface area contributed by atoms with E-state index in [1.54, 1.807) is 0 Å². The number of nitrogens with two attached hydrogens (primary N) is 1. The Hall–Kier alpha value is -0.150. The highest BCUT2D eigenvalue weighted by Gasteiger charge is 2.21. The van der Waals surface area contributed by atoms with Crippen LogP contribution in [0.4, 0.5) is 0 Å². The van der Waals surface area contributed by atoms with Gasteiger partial charge in [0.25, 0.3) is 0 Å². The molecule has 0 aromatic rings. The van der Waals surface area contributed by atoms with Gasteiger partial charge in [-0.2, -0.15) is 0 Å². The van der Waals surface area contributed by atoms with Crippen molar-refractivity contribution in [3.05, 3.63) is 0 Å². The first-order valence-electron chi connectivity index (χ1n) is 5.65. The molecule has 0 aromatic carbocycles. The standard InChI is InChI=1S/C12H25NOS/c1-6-12(4,5)14-9-7-8-11(2,3)10(13)15/h6-9H2,1-5H3,(H2,13,15). The lowest BCUT2D eigenvalue weighted by atomic mass is 9.88. The van der Waals surface area contributed by atoms with E-state index in [-0.39, 0.29) is 11.0 Å². The lowest BCUT2D eigenvalue weighted by Gasteiger charge is -2.26. The number of rotatable bonds is 7. The molecule has 0 aromatic heterocycles. The topological polar surface area (TPSA) is 35.2 Å². The first-order chi connectivity index (χ1) is 6.71. The molecule has 0 spiro atoms. The molecule has 0 rings (SSSR count). The van der Waals surface area contributed by atoms with Gasteiger partial charge in [-0.05, 0) is 33.1 Å². The van der Waals surface area contributed by atoms with Crippen molar-refractivity contribution in [2.75, 3.05) is 6.61 Å². The van der Waals surface area contributed by atoms with E-state index < -0.39 is 0 Å². The maximum atomic E-state index is 5.77. The second-order valence-electron chi connectivity index (χ2n) is 5.31. The summed E-state index contributed by atoms with van der Waals surface area (Å²) in [5, 5.41) is 0. The number of hydrogen-bond acceptors (Lipinski definition) is 2. The molecule has 0 atom stereocenters. The zero-order chi connectivity index (χ0) is 12.1. The molecule has 0 heterocycles. The Morgan fingerprint density at radius 2 is 1.80 bits per heavy atom. The lowest BCUT2D eigenvalue weighted by Crippen LogP contribution is -2.30. The van der Waals surface area contributed by atoms with Crippen molar-refractivity contribution in [2.45, 2.75) is 59.5 Å². The predicted molar refractivity (Wildman–Crippen MR) is 70.1 cm³/mol. The lowest BCUT2D eigenvalue weighted by molar-refractivity contribution is -0.0230. The molecule has 0 aliphatic carbocycles. The molecule has 15 heavy (non-hydrogen) atoms. The molecule has 3 heteroatoms. The summed E-state index contributed by atoms with van der Waals surface area (Å²) in [6.45, 7) is 11.3. The van der Waals surface area contributed by atoms with Crippen molar-refractivity contribution >= 4 is 17.2 Å². The van der Waals surface area contributed by atoms with Crippen LogP contribution in [0.1, 0.15) is 53.9 Å². The van der Waals surface area contributed by atoms with Gasteiger partial charge < -0.3 is 10.5 Å². The third-order valence-corrected chi connectivity index (χ3v) is 3.51. The molecule has 0 bridgehead atoms. The van der Waals surface area contributed by atoms with Crippen molar-refractivity contribution in [1.82, 2.24) is 0 Å². The third kappa shape index (κ3) is 6.10. The van der Waals surface area contributed by atoms with Crippen molar-refractivity contribution in [3.63, 3.8) is 0 Å². The summed E-state index contributed by atoms with van der Waals surface area (Å²) in [6.07, 6.45) is 3.03. The largest absolute Gasteiger partial charge is 0.393 e. The molecule has 0 saturated heterocycles. The zero-order valence-electron chi connectivity index (χ0n) is 10.7. The fourth-order valence-corrected chi connectivity index (χ4v) is 1.19. The molecule has 2 N–H and O–H groups in total. The number of hydrogen-bond donors (Lipinski definition) is 1. The Bertz CT molecular complexity index is 212. The molecule has 90 valence electrons. The smallest absolute Gasteiger partial charge is 0.0784 e. The van der Waals surface area contributed by atoms with Gasteiger partial charge in [-0.25, -0.2) is 0 Å². The number of thiocarbonyl (C=S) groups is 1. The van der Waals surface area contributed by atoms with Crippen molar-refractivity contribution in [3.8, 4) is 0 Å². The monoisotopic (exact) mass is 231 g/mol. The summed E-state index contributed by atoms with van der Waals surface area (Å²) >= 11 is 5.01. The van der Waals surface area contributed by atoms with Gasteiger partial charge in [0.1, 0.15) is 0 Å². The third-order valence-electron chi connectivity index (χ3n) is 2.96. The van der Waals surface area contributed by atoms with Crippen LogP contribution in [0, 0.1) is 5.41 Å². The second-order valence-corrected chi connectivity index (χ2v) is 5.75. The summed E-state index contributed by atoms with van der Waals surface area (Å²) in [5.41, 5.74) is 5.60. The van der Waals surface area contributed by atoms with Crippen LogP contribution in [0.3, 0.4) is 0 Å². The van der Waals surface area contributed by atoms with E-state index in [0.29, 0.717) is 4.99 Å². The number of ether oxygens (including phenoxy) is 1. The van der Waals surface area contributed by atoms with Gasteiger partial charge in [0.15, 0.2) is 0 Å². The van der Waals surface area contributed by atoms with Crippen LogP contribution < -0.4 is 5.73 Å². The molecular formula is C12H25NOS. The molecule has 0 fully saturated rings. The molecule has 0 unspecified atom stereocenters. The Labute approximate surface area is 99.6 Å². The van der Waals surface area contributed by atoms with E-state index in [0.717, 1.165) is 25.9 Å². The van der Waals surface area contributed by atoms with E-state index in [1.807, 2.05) is 0 Å². The average molecular weight is 231 g/mol. The van der Waals surface area contributed by atoms with Crippen LogP contribution in [0.15, 0.2) is 0 Å². The van der Waals surface area contributed by atoms with Crippen LogP contribution in [-0.2, 0) is 4.74 Å². The summed E-state index contributed by atoms with van der Waals surface area (Å²) in [6, 6.07) is 0. The van der Waals surface area contributed by atoms with E-state index in [4.69, 9.17) is 22.7 Å². The fourth-order valence-electron chi connectivity index (χ4n) is 1.09. The quantitative estimate of drug-likeness (QED) is 0.539. The molecular weight excluding hydrogens is 206 g/mol. The summed E-state index contributed by atoms with van der Waals surface area (Å²) < 4.78 is 5.77. The average Bonchev–Trinajstić information content (AvgIpc) is 2.12. The zero-order valence-corrected chi connectivity index (χ0v) is 11.5. The van der Waals surface area contributed by atoms with Crippen LogP contribution in [-0.4, -0.2) is 17.2 Å². The Kier molecular flexibility index (Phi) is 5.75. The van der Waals surface area contributed by atoms with E-state index in [2.05, 4.69) is 34.6 Å². The maximum Gasteiger partial charge on any atom is 0.0784 e. The summed E-state index contributed by atoms with van der Waals surface area (Å²) in [7, 11) is 0. The maximum absolute atomic E-state index is 5.77. The molecule has 2 nitrogen and oxygen atoms in total. The fraction of sp³-hybridized carbons (Fsp3) is 0.917. The highest BCUT2D eigenvalue weighted by atomic mass is 32.1. The van der Waals surface area contributed by atoms with Gasteiger partial charge in [-0.1, -0.05) is 33.0 Å². The van der Waals surface area contributed by atoms with Gasteiger partial charge in [0, 0.05) is 12.0 Å². The molecule has 0 amide bonds. The van der Waals surface area contributed by atoms with Crippen LogP contribution in [0.2, 0.25) is 0 Å². The van der Waals surface area contributed by atoms with E-state index >= 15 is 0 Å². The van der Waals surface area contributed by atoms with Crippen molar-refractivity contribution in [2.24, 2.45) is 11.1 Å². The Morgan fingerprint density at radius 1 is 1.27 bits per heavy atom. The predicted octanol–water partition coefficient (Wildman–Crippen LogP) is 3.28. The summed E-state index contributed by atoms with van der Waals surface area (Å²) in [4.78, 5) is 0.595. The van der Waals surface area contributed by atoms with Gasteiger partial charge in [-0.15, -0.1) is 0 Å². The van der Waals surface area contributed by atoms with Crippen molar-refractivity contribution < 1.29 is 4.74 Å². The normalized spacial score (nSPS) is 12.9. The Morgan fingerprint density at radius 3 is 2.20 bits per heavy atom. The van der Waals surface area contributed by atoms with Crippen molar-refractivity contribution in [1.29, 1.82) is 0 Å². The minimum atomic E-state index is -0.0466. The molecule has 0 aliphatic heterocycles. The van der Waals surface area contributed by atoms with Gasteiger partial charge in [-0.3, -0.25) is 0 Å². The molecule has 0 aliphatic rings. The van der Waals surface area contributed by atoms with Crippen LogP contribution >= 0.6 is 12.2 Å². The minimum absolute atomic E-state index is 0.00658. The Balaban J connectivity index is 3.77. The SMILES string of the molecule is CCC(C)(C)OCCCC(C)(C)C(N)=S. The van der Waals surface area contributed by atoms with Crippen LogP contribution in [0.25, 0.3) is 0 Å². The van der Waals surface area contributed by atoms with Gasteiger partial charge in [0.05, 0.1) is 10.6 Å². The highest BCUT2D eigenvalue weighted by molar-refractivity contribution is 7.80. The molecule has 0 saturated carbocycles. The second kappa shape index (κ2) is 5.80. The first-order valence-corrected chi connectivity index (χ1v) is 6.06. The highest BCUT2D eigenvalue weighted by Crippen LogP contribution is 2.23. The van der Waals surface area contributed by atoms with Gasteiger partial charge >= 0.3 is 0 Å². The van der Waals surface area contributed by atoms with E-state index in [9.17, 15) is 0 Å². The van der Waals surface area contributed by atoms with Gasteiger partial charge in [0.2, 0.25) is 0 Å².